The largest absolute Gasteiger partial charge is 0.494 e. The van der Waals surface area contributed by atoms with Crippen LogP contribution < -0.4 is 9.64 Å². The Kier molecular flexibility index (Phi) is 6.41. The maximum absolute atomic E-state index is 13.3. The Morgan fingerprint density at radius 2 is 2.00 bits per heavy atom. The van der Waals surface area contributed by atoms with Crippen molar-refractivity contribution in [2.75, 3.05) is 12.0 Å². The molecule has 9 heteroatoms. The van der Waals surface area contributed by atoms with Gasteiger partial charge >= 0.3 is 0 Å². The number of pyridine rings is 1. The lowest BCUT2D eigenvalue weighted by atomic mass is 10.2. The number of carbonyl (C=O) groups excluding carboxylic acids is 1. The van der Waals surface area contributed by atoms with Crippen LogP contribution in [-0.4, -0.2) is 27.9 Å². The summed E-state index contributed by atoms with van der Waals surface area (Å²) < 4.78 is 6.41. The minimum Gasteiger partial charge on any atom is -0.494 e. The van der Waals surface area contributed by atoms with Gasteiger partial charge < -0.3 is 4.74 Å². The molecular weight excluding hydrogens is 440 g/mol. The summed E-state index contributed by atoms with van der Waals surface area (Å²) in [6.45, 7) is 2.28. The molecule has 166 valence electrons. The first-order chi connectivity index (χ1) is 16.0. The molecule has 0 atom stereocenters. The van der Waals surface area contributed by atoms with Gasteiger partial charge in [0.05, 0.1) is 23.3 Å². The number of non-ortho nitro benzene ring substituents is 1. The number of nitro benzene ring substituents is 1. The molecule has 1 amide bonds. The zero-order chi connectivity index (χ0) is 23.4. The van der Waals surface area contributed by atoms with Crippen molar-refractivity contribution in [2.24, 2.45) is 0 Å². The van der Waals surface area contributed by atoms with Crippen LogP contribution in [0.2, 0.25) is 0 Å². The first kappa shape index (κ1) is 22.1. The van der Waals surface area contributed by atoms with Crippen molar-refractivity contribution in [2.45, 2.75) is 13.5 Å². The van der Waals surface area contributed by atoms with Gasteiger partial charge in [-0.25, -0.2) is 4.98 Å². The average molecular weight is 461 g/mol. The van der Waals surface area contributed by atoms with E-state index in [-0.39, 0.29) is 11.6 Å². The van der Waals surface area contributed by atoms with Crippen LogP contribution in [0.5, 0.6) is 5.75 Å². The zero-order valence-electron chi connectivity index (χ0n) is 18.0. The van der Waals surface area contributed by atoms with Gasteiger partial charge in [-0.3, -0.25) is 24.8 Å². The number of nitrogens with zero attached hydrogens (tertiary/aromatic N) is 4. The van der Waals surface area contributed by atoms with Gasteiger partial charge in [0.1, 0.15) is 11.3 Å². The Hall–Kier alpha value is -4.11. The van der Waals surface area contributed by atoms with Crippen LogP contribution in [0.4, 0.5) is 10.8 Å². The van der Waals surface area contributed by atoms with Crippen LogP contribution >= 0.6 is 11.3 Å². The molecule has 0 aliphatic carbocycles. The fourth-order valence-corrected chi connectivity index (χ4v) is 4.31. The minimum atomic E-state index is -0.461. The van der Waals surface area contributed by atoms with Crippen LogP contribution in [0.1, 0.15) is 16.7 Å². The quantitative estimate of drug-likeness (QED) is 0.215. The Morgan fingerprint density at radius 1 is 1.21 bits per heavy atom. The summed E-state index contributed by atoms with van der Waals surface area (Å²) in [7, 11) is 1.59. The van der Waals surface area contributed by atoms with E-state index in [1.807, 2.05) is 31.2 Å². The molecule has 0 unspecified atom stereocenters. The summed E-state index contributed by atoms with van der Waals surface area (Å²) >= 11 is 1.42. The molecule has 4 rings (SSSR count). The Balaban J connectivity index is 1.69. The van der Waals surface area contributed by atoms with Crippen LogP contribution in [-0.2, 0) is 11.3 Å². The number of thiazole rings is 1. The number of benzene rings is 2. The molecular formula is C24H20N4O4S. The molecule has 0 aliphatic heterocycles. The fourth-order valence-electron chi connectivity index (χ4n) is 3.26. The van der Waals surface area contributed by atoms with Crippen molar-refractivity contribution >= 4 is 44.4 Å². The van der Waals surface area contributed by atoms with Gasteiger partial charge in [-0.2, -0.15) is 0 Å². The van der Waals surface area contributed by atoms with E-state index in [1.165, 1.54) is 29.5 Å². The molecule has 2 aromatic heterocycles. The van der Waals surface area contributed by atoms with Crippen molar-refractivity contribution in [1.82, 2.24) is 9.97 Å². The number of hydrogen-bond donors (Lipinski definition) is 0. The van der Waals surface area contributed by atoms with Gasteiger partial charge in [-0.15, -0.1) is 0 Å². The molecule has 0 fully saturated rings. The number of aryl methyl sites for hydroxylation is 1. The van der Waals surface area contributed by atoms with Gasteiger partial charge in [0, 0.05) is 30.6 Å². The third-order valence-corrected chi connectivity index (χ3v) is 6.21. The molecule has 0 bridgehead atoms. The molecule has 0 saturated heterocycles. The van der Waals surface area contributed by atoms with Crippen molar-refractivity contribution in [3.05, 3.63) is 93.8 Å². The lowest BCUT2D eigenvalue weighted by Crippen LogP contribution is -2.28. The van der Waals surface area contributed by atoms with Crippen LogP contribution in [0.15, 0.2) is 67.0 Å². The maximum atomic E-state index is 13.3. The van der Waals surface area contributed by atoms with Gasteiger partial charge in [0.2, 0.25) is 0 Å². The summed E-state index contributed by atoms with van der Waals surface area (Å²) in [5, 5.41) is 11.4. The van der Waals surface area contributed by atoms with Crippen LogP contribution in [0.3, 0.4) is 0 Å². The molecule has 2 aromatic carbocycles. The van der Waals surface area contributed by atoms with E-state index in [0.717, 1.165) is 15.8 Å². The van der Waals surface area contributed by atoms with E-state index in [0.29, 0.717) is 28.5 Å². The number of hydrogen-bond acceptors (Lipinski definition) is 7. The summed E-state index contributed by atoms with van der Waals surface area (Å²) in [4.78, 5) is 34.1. The third-order valence-electron chi connectivity index (χ3n) is 4.99. The predicted octanol–water partition coefficient (Wildman–Crippen LogP) is 5.16. The zero-order valence-corrected chi connectivity index (χ0v) is 18.8. The maximum Gasteiger partial charge on any atom is 0.269 e. The summed E-state index contributed by atoms with van der Waals surface area (Å²) in [5.74, 6) is 0.376. The van der Waals surface area contributed by atoms with E-state index in [2.05, 4.69) is 4.98 Å². The number of nitro groups is 1. The Labute approximate surface area is 193 Å². The van der Waals surface area contributed by atoms with E-state index in [9.17, 15) is 14.9 Å². The predicted molar refractivity (Wildman–Crippen MR) is 128 cm³/mol. The van der Waals surface area contributed by atoms with Crippen molar-refractivity contribution in [1.29, 1.82) is 0 Å². The van der Waals surface area contributed by atoms with E-state index in [4.69, 9.17) is 9.72 Å². The highest BCUT2D eigenvalue weighted by atomic mass is 32.1. The van der Waals surface area contributed by atoms with Crippen LogP contribution in [0.25, 0.3) is 16.3 Å². The van der Waals surface area contributed by atoms with E-state index >= 15 is 0 Å². The summed E-state index contributed by atoms with van der Waals surface area (Å²) in [5.41, 5.74) is 3.29. The smallest absolute Gasteiger partial charge is 0.269 e. The number of rotatable bonds is 7. The molecule has 0 aliphatic rings. The van der Waals surface area contributed by atoms with Crippen molar-refractivity contribution < 1.29 is 14.5 Å². The molecule has 8 nitrogen and oxygen atoms in total. The normalized spacial score (nSPS) is 11.1. The third kappa shape index (κ3) is 4.88. The van der Waals surface area contributed by atoms with E-state index in [1.54, 1.807) is 42.6 Å². The highest BCUT2D eigenvalue weighted by Gasteiger charge is 2.21. The topological polar surface area (TPSA) is 98.5 Å². The summed E-state index contributed by atoms with van der Waals surface area (Å²) in [6, 6.07) is 13.5. The second kappa shape index (κ2) is 9.58. The summed E-state index contributed by atoms with van der Waals surface area (Å²) in [6.07, 6.45) is 6.45. The van der Waals surface area contributed by atoms with Gasteiger partial charge in [-0.1, -0.05) is 23.5 Å². The van der Waals surface area contributed by atoms with E-state index < -0.39 is 4.92 Å². The number of fused-ring (bicyclic) bond motifs is 1. The number of carbonyl (C=O) groups is 1. The first-order valence-corrected chi connectivity index (χ1v) is 10.8. The second-order valence-electron chi connectivity index (χ2n) is 7.23. The molecule has 33 heavy (non-hydrogen) atoms. The number of ether oxygens (including phenoxy) is 1. The highest BCUT2D eigenvalue weighted by molar-refractivity contribution is 7.22. The molecule has 0 radical (unpaired) electrons. The lowest BCUT2D eigenvalue weighted by Gasteiger charge is -2.18. The van der Waals surface area contributed by atoms with Gasteiger partial charge in [-0.05, 0) is 54.0 Å². The molecule has 0 spiro atoms. The first-order valence-electron chi connectivity index (χ1n) is 10.0. The highest BCUT2D eigenvalue weighted by Crippen LogP contribution is 2.37. The number of amides is 1. The lowest BCUT2D eigenvalue weighted by molar-refractivity contribution is -0.384. The standard InChI is InChI=1S/C24H20N4O4S/c1-16-5-11-20(32-2)22-23(16)33-24(26-22)27(15-18-4-3-13-25-14-18)21(29)12-8-17-6-9-19(10-7-17)28(30)31/h3-14H,15H2,1-2H3/b12-8-. The number of anilines is 1. The SMILES string of the molecule is COc1ccc(C)c2sc(N(Cc3cccnc3)C(=O)/C=C\c3ccc([N+](=O)[O-])cc3)nc12. The van der Waals surface area contributed by atoms with Crippen molar-refractivity contribution in [3.8, 4) is 5.75 Å². The van der Waals surface area contributed by atoms with Crippen molar-refractivity contribution in [3.63, 3.8) is 0 Å². The number of methoxy groups -OCH3 is 1. The molecule has 0 N–H and O–H groups in total. The second-order valence-corrected chi connectivity index (χ2v) is 8.20. The average Bonchev–Trinajstić information content (AvgIpc) is 3.28. The minimum absolute atomic E-state index is 0.00419. The number of aromatic nitrogens is 2. The Morgan fingerprint density at radius 3 is 2.67 bits per heavy atom. The van der Waals surface area contributed by atoms with Gasteiger partial charge in [0.15, 0.2) is 5.13 Å². The fraction of sp³-hybridized carbons (Fsp3) is 0.125. The molecule has 2 heterocycles. The molecule has 4 aromatic rings. The molecule has 0 saturated carbocycles. The van der Waals surface area contributed by atoms with Crippen LogP contribution in [0, 0.1) is 17.0 Å². The van der Waals surface area contributed by atoms with Gasteiger partial charge in [0.25, 0.3) is 11.6 Å². The monoisotopic (exact) mass is 460 g/mol. The Bertz CT molecular complexity index is 1330.